The molecule has 14 N–H and O–H groups in total. The molecular weight excluding hydrogens is 932 g/mol. The van der Waals surface area contributed by atoms with E-state index in [2.05, 4.69) is 10.6 Å². The number of aryl methyl sites for hydroxylation is 2. The summed E-state index contributed by atoms with van der Waals surface area (Å²) < 4.78 is 62.3. The number of carboxylic acids is 6. The van der Waals surface area contributed by atoms with Gasteiger partial charge >= 0.3 is 35.8 Å². The lowest BCUT2D eigenvalue weighted by Gasteiger charge is -2.34. The summed E-state index contributed by atoms with van der Waals surface area (Å²) in [6, 6.07) is -0.537. The molecule has 4 unspecified atom stereocenters. The predicted molar refractivity (Wildman–Crippen MR) is 240 cm³/mol. The zero-order valence-electron chi connectivity index (χ0n) is 37.6. The highest BCUT2D eigenvalue weighted by molar-refractivity contribution is 5.95. The van der Waals surface area contributed by atoms with E-state index in [0.29, 0.717) is 39.3 Å². The van der Waals surface area contributed by atoms with Crippen LogP contribution in [0.3, 0.4) is 0 Å². The first-order valence-electron chi connectivity index (χ1n) is 20.7. The summed E-state index contributed by atoms with van der Waals surface area (Å²) >= 11 is 0. The minimum absolute atomic E-state index is 0. The molecule has 4 aromatic rings. The van der Waals surface area contributed by atoms with Crippen molar-refractivity contribution in [1.29, 1.82) is 0 Å². The van der Waals surface area contributed by atoms with Crippen LogP contribution in [-0.4, -0.2) is 145 Å². The number of aromatic nitrogens is 2. The quantitative estimate of drug-likeness (QED) is 0.0865. The van der Waals surface area contributed by atoms with Crippen LogP contribution in [0.1, 0.15) is 61.3 Å². The van der Waals surface area contributed by atoms with Crippen molar-refractivity contribution in [1.82, 2.24) is 19.8 Å². The minimum Gasteiger partial charge on any atom is -0.481 e. The molecule has 0 amide bonds. The molecule has 23 nitrogen and oxygen atoms in total. The molecule has 4 atom stereocenters. The van der Waals surface area contributed by atoms with E-state index in [9.17, 15) is 47.1 Å². The van der Waals surface area contributed by atoms with Gasteiger partial charge in [-0.2, -0.15) is 0 Å². The number of aromatic carboxylic acids is 2. The van der Waals surface area contributed by atoms with Crippen molar-refractivity contribution in [3.05, 3.63) is 79.4 Å². The van der Waals surface area contributed by atoms with E-state index >= 15 is 8.78 Å². The number of piperazine rings is 2. The topological polar surface area (TPSA) is 382 Å². The average molecular weight is 987 g/mol. The maximum Gasteiger partial charge on any atom is 0.341 e. The van der Waals surface area contributed by atoms with Crippen LogP contribution in [0.4, 0.5) is 28.9 Å². The molecule has 0 aliphatic carbocycles. The van der Waals surface area contributed by atoms with Gasteiger partial charge in [-0.3, -0.25) is 28.8 Å². The Morgan fingerprint density at radius 2 is 0.957 bits per heavy atom. The van der Waals surface area contributed by atoms with Crippen LogP contribution in [0.15, 0.2) is 34.1 Å². The zero-order valence-corrected chi connectivity index (χ0v) is 37.6. The van der Waals surface area contributed by atoms with Crippen molar-refractivity contribution in [2.45, 2.75) is 77.8 Å². The highest BCUT2D eigenvalue weighted by Crippen LogP contribution is 2.32. The summed E-state index contributed by atoms with van der Waals surface area (Å²) in [5, 5.41) is 56.3. The molecule has 6 rings (SSSR count). The second kappa shape index (κ2) is 25.2. The van der Waals surface area contributed by atoms with E-state index < -0.39 is 106 Å². The lowest BCUT2D eigenvalue weighted by atomic mass is 10.1. The van der Waals surface area contributed by atoms with Crippen LogP contribution in [0.25, 0.3) is 21.8 Å². The Morgan fingerprint density at radius 3 is 1.19 bits per heavy atom. The van der Waals surface area contributed by atoms with E-state index in [0.717, 1.165) is 24.5 Å². The molecule has 69 heavy (non-hydrogen) atoms. The number of rotatable bonds is 12. The number of benzene rings is 2. The van der Waals surface area contributed by atoms with Gasteiger partial charge in [0.1, 0.15) is 46.2 Å². The van der Waals surface area contributed by atoms with E-state index in [1.54, 1.807) is 23.6 Å². The van der Waals surface area contributed by atoms with Gasteiger partial charge in [0.15, 0.2) is 11.6 Å². The zero-order chi connectivity index (χ0) is 51.5. The number of pyridine rings is 2. The number of anilines is 2. The fraction of sp³-hybridized carbons (Fsp3) is 0.429. The van der Waals surface area contributed by atoms with Gasteiger partial charge in [-0.25, -0.2) is 27.2 Å². The summed E-state index contributed by atoms with van der Waals surface area (Å²) in [5.74, 6) is -11.2. The maximum absolute atomic E-state index is 15.2. The number of fused-ring (bicyclic) bond motifs is 2. The second-order valence-corrected chi connectivity index (χ2v) is 15.4. The number of carboxylic acid groups (broad SMARTS) is 6. The predicted octanol–water partition coefficient (Wildman–Crippen LogP) is 0.513. The maximum atomic E-state index is 15.2. The molecular formula is C42H54F4N8O15. The number of aliphatic carboxylic acids is 4. The normalized spacial score (nSPS) is 16.3. The van der Waals surface area contributed by atoms with Gasteiger partial charge in [-0.05, 0) is 39.8 Å². The Kier molecular flexibility index (Phi) is 21.2. The number of nitrogens with two attached hydrogens (primary N) is 2. The minimum atomic E-state index is -1.42. The molecule has 2 aliphatic heterocycles. The summed E-state index contributed by atoms with van der Waals surface area (Å²) in [6.45, 7) is 10.7. The number of hydrogen-bond donors (Lipinski definition) is 10. The number of hydrogen-bond acceptors (Lipinski definition) is 14. The van der Waals surface area contributed by atoms with Gasteiger partial charge in [0.25, 0.3) is 0 Å². The SMILES string of the molecule is CCn1cc(C(=O)O)c(=O)c2cc(F)c(N3CCNC(C)C3)c(F)c21.CCn1cc(C(=O)O)c(=O)c2cc(F)c(N3CCNC(C)C3)c(F)c21.NC(CC(=O)O)C(=O)O.NC(CC(=O)O)C(=O)O.O. The van der Waals surface area contributed by atoms with Gasteiger partial charge in [0.2, 0.25) is 10.9 Å². The van der Waals surface area contributed by atoms with Crippen LogP contribution >= 0.6 is 0 Å². The number of carbonyl (C=O) groups is 6. The molecule has 2 aromatic carbocycles. The first kappa shape index (κ1) is 57.9. The average Bonchev–Trinajstić information content (AvgIpc) is 3.24. The molecule has 380 valence electrons. The number of nitrogens with zero attached hydrogens (tertiary/aromatic N) is 4. The van der Waals surface area contributed by atoms with Gasteiger partial charge in [0, 0.05) is 76.8 Å². The molecule has 2 aromatic heterocycles. The summed E-state index contributed by atoms with van der Waals surface area (Å²) in [6.07, 6.45) is 1.15. The first-order valence-corrected chi connectivity index (χ1v) is 20.7. The molecule has 2 fully saturated rings. The molecule has 2 saturated heterocycles. The highest BCUT2D eigenvalue weighted by Gasteiger charge is 2.29. The fourth-order valence-corrected chi connectivity index (χ4v) is 7.16. The molecule has 2 aliphatic rings. The van der Waals surface area contributed by atoms with Crippen molar-refractivity contribution in [3.8, 4) is 0 Å². The standard InChI is InChI=1S/2C17H19F2N3O3.2C4H7NO4.H2O/c2*1-3-21-8-11(17(24)25)16(23)10-6-12(18)15(13(19)14(10)21)22-5-4-20-9(2)7-22;2*5-2(4(8)9)1-3(6)7;/h2*6,8-9,20H,3-5,7H2,1-2H3,(H,24,25);2*2H,1,5H2,(H,6,7)(H,8,9);1H2. The van der Waals surface area contributed by atoms with Crippen LogP contribution in [0.2, 0.25) is 0 Å². The van der Waals surface area contributed by atoms with Gasteiger partial charge in [-0.1, -0.05) is 0 Å². The van der Waals surface area contributed by atoms with E-state index in [-0.39, 0.29) is 63.8 Å². The van der Waals surface area contributed by atoms with Gasteiger partial charge in [-0.15, -0.1) is 0 Å². The lowest BCUT2D eigenvalue weighted by molar-refractivity contribution is -0.144. The van der Waals surface area contributed by atoms with Crippen molar-refractivity contribution in [2.24, 2.45) is 11.5 Å². The Morgan fingerprint density at radius 1 is 0.638 bits per heavy atom. The monoisotopic (exact) mass is 986 g/mol. The molecule has 0 spiro atoms. The molecule has 4 heterocycles. The van der Waals surface area contributed by atoms with Gasteiger partial charge < -0.3 is 77.2 Å². The molecule has 0 bridgehead atoms. The van der Waals surface area contributed by atoms with Crippen molar-refractivity contribution >= 4 is 69.0 Å². The summed E-state index contributed by atoms with van der Waals surface area (Å²) in [5.41, 5.74) is 6.41. The Balaban J connectivity index is 0.000000349. The number of nitrogens with one attached hydrogen (secondary N) is 2. The van der Waals surface area contributed by atoms with E-state index in [4.69, 9.17) is 42.1 Å². The Labute approximate surface area is 388 Å². The lowest BCUT2D eigenvalue weighted by Crippen LogP contribution is -2.49. The third kappa shape index (κ3) is 14.4. The van der Waals surface area contributed by atoms with Crippen LogP contribution in [0.5, 0.6) is 0 Å². The fourth-order valence-electron chi connectivity index (χ4n) is 7.16. The van der Waals surface area contributed by atoms with Gasteiger partial charge in [0.05, 0.1) is 34.6 Å². The van der Waals surface area contributed by atoms with Crippen molar-refractivity contribution < 1.29 is 82.4 Å². The largest absolute Gasteiger partial charge is 0.481 e. The Hall–Kier alpha value is -7.20. The van der Waals surface area contributed by atoms with E-state index in [1.807, 2.05) is 13.8 Å². The van der Waals surface area contributed by atoms with E-state index in [1.165, 1.54) is 9.13 Å². The Bertz CT molecular complexity index is 2520. The third-order valence-corrected chi connectivity index (χ3v) is 10.4. The molecule has 27 heteroatoms. The van der Waals surface area contributed by atoms with Crippen LogP contribution in [-0.2, 0) is 32.3 Å². The van der Waals surface area contributed by atoms with Crippen molar-refractivity contribution in [3.63, 3.8) is 0 Å². The second-order valence-electron chi connectivity index (χ2n) is 15.4. The summed E-state index contributed by atoms with van der Waals surface area (Å²) in [4.78, 5) is 89.6. The third-order valence-electron chi connectivity index (χ3n) is 10.4. The smallest absolute Gasteiger partial charge is 0.341 e. The highest BCUT2D eigenvalue weighted by atomic mass is 19.1. The molecule has 0 saturated carbocycles. The van der Waals surface area contributed by atoms with Crippen LogP contribution < -0.4 is 42.8 Å². The van der Waals surface area contributed by atoms with Crippen LogP contribution in [0, 0.1) is 23.3 Å². The summed E-state index contributed by atoms with van der Waals surface area (Å²) in [7, 11) is 0. The molecule has 0 radical (unpaired) electrons. The number of halogens is 4. The van der Waals surface area contributed by atoms with Crippen molar-refractivity contribution in [2.75, 3.05) is 49.1 Å². The first-order chi connectivity index (χ1) is 31.8.